The molecule has 0 saturated heterocycles. The molecule has 1 aromatic rings. The van der Waals surface area contributed by atoms with Gasteiger partial charge in [0.15, 0.2) is 0 Å². The van der Waals surface area contributed by atoms with E-state index in [4.69, 9.17) is 11.1 Å². The average molecular weight is 260 g/mol. The van der Waals surface area contributed by atoms with Crippen molar-refractivity contribution >= 4 is 17.6 Å². The summed E-state index contributed by atoms with van der Waals surface area (Å²) in [5.41, 5.74) is 4.16. The molecular weight excluding hydrogens is 249 g/mol. The average Bonchev–Trinajstić information content (AvgIpc) is 2.25. The zero-order valence-electron chi connectivity index (χ0n) is 9.14. The highest BCUT2D eigenvalue weighted by Crippen LogP contribution is 2.30. The highest BCUT2D eigenvalue weighted by molar-refractivity contribution is 5.92. The molecule has 8 heteroatoms. The first-order valence-corrected chi connectivity index (χ1v) is 4.84. The van der Waals surface area contributed by atoms with Crippen LogP contribution in [0.2, 0.25) is 0 Å². The molecule has 98 valence electrons. The first-order chi connectivity index (χ1) is 8.29. The maximum absolute atomic E-state index is 12.4. The molecule has 5 N–H and O–H groups in total. The van der Waals surface area contributed by atoms with Crippen molar-refractivity contribution in [1.29, 1.82) is 5.41 Å². The molecule has 1 rings (SSSR count). The summed E-state index contributed by atoms with van der Waals surface area (Å²) in [6.45, 7) is -0.176. The van der Waals surface area contributed by atoms with Crippen LogP contribution in [0.3, 0.4) is 0 Å². The number of benzene rings is 1. The quantitative estimate of drug-likeness (QED) is 0.492. The van der Waals surface area contributed by atoms with Crippen LogP contribution < -0.4 is 16.4 Å². The molecule has 0 aliphatic heterocycles. The van der Waals surface area contributed by atoms with Crippen molar-refractivity contribution in [3.05, 3.63) is 29.8 Å². The molecule has 0 fully saturated rings. The molecule has 2 amide bonds. The van der Waals surface area contributed by atoms with Gasteiger partial charge in [-0.1, -0.05) is 6.07 Å². The van der Waals surface area contributed by atoms with Gasteiger partial charge in [0.2, 0.25) is 0 Å². The number of nitrogens with one attached hydrogen (secondary N) is 3. The van der Waals surface area contributed by atoms with Gasteiger partial charge in [-0.15, -0.1) is 0 Å². The Labute approximate surface area is 101 Å². The van der Waals surface area contributed by atoms with E-state index >= 15 is 0 Å². The minimum absolute atomic E-state index is 0.00544. The van der Waals surface area contributed by atoms with Gasteiger partial charge in [0.1, 0.15) is 5.84 Å². The topological polar surface area (TPSA) is 91.0 Å². The molecule has 5 nitrogen and oxygen atoms in total. The van der Waals surface area contributed by atoms with Crippen molar-refractivity contribution in [3.8, 4) is 0 Å². The number of halogens is 3. The molecule has 0 aliphatic carbocycles. The van der Waals surface area contributed by atoms with E-state index in [-0.39, 0.29) is 18.1 Å². The Hall–Kier alpha value is -2.25. The highest BCUT2D eigenvalue weighted by atomic mass is 19.4. The third kappa shape index (κ3) is 4.32. The Bertz CT molecular complexity index is 459. The van der Waals surface area contributed by atoms with Gasteiger partial charge in [-0.05, 0) is 18.2 Å². The van der Waals surface area contributed by atoms with E-state index in [1.165, 1.54) is 12.1 Å². The lowest BCUT2D eigenvalue weighted by atomic mass is 10.2. The number of amides is 2. The van der Waals surface area contributed by atoms with Gasteiger partial charge in [-0.25, -0.2) is 4.79 Å². The summed E-state index contributed by atoms with van der Waals surface area (Å²) in [6, 6.07) is 3.49. The number of amidine groups is 1. The Morgan fingerprint density at radius 3 is 2.61 bits per heavy atom. The fourth-order valence-electron chi connectivity index (χ4n) is 1.12. The predicted octanol–water partition coefficient (Wildman–Crippen LogP) is 1.76. The molecule has 0 spiro atoms. The van der Waals surface area contributed by atoms with Crippen LogP contribution in [-0.2, 0) is 6.18 Å². The van der Waals surface area contributed by atoms with Crippen LogP contribution in [0.15, 0.2) is 24.3 Å². The molecule has 0 heterocycles. The van der Waals surface area contributed by atoms with Crippen LogP contribution in [0.4, 0.5) is 23.7 Å². The second kappa shape index (κ2) is 5.39. The Kier molecular flexibility index (Phi) is 4.13. The molecule has 0 aliphatic rings. The van der Waals surface area contributed by atoms with Gasteiger partial charge >= 0.3 is 12.2 Å². The second-order valence-electron chi connectivity index (χ2n) is 3.41. The summed E-state index contributed by atoms with van der Waals surface area (Å²) in [5.74, 6) is -0.255. The lowest BCUT2D eigenvalue weighted by Gasteiger charge is -2.10. The molecule has 0 aromatic heterocycles. The van der Waals surface area contributed by atoms with Crippen molar-refractivity contribution < 1.29 is 18.0 Å². The number of urea groups is 1. The van der Waals surface area contributed by atoms with Gasteiger partial charge in [-0.3, -0.25) is 5.41 Å². The van der Waals surface area contributed by atoms with Gasteiger partial charge in [0.25, 0.3) is 0 Å². The van der Waals surface area contributed by atoms with Crippen molar-refractivity contribution in [3.63, 3.8) is 0 Å². The maximum atomic E-state index is 12.4. The van der Waals surface area contributed by atoms with Crippen LogP contribution in [0.1, 0.15) is 5.56 Å². The van der Waals surface area contributed by atoms with E-state index in [1.807, 2.05) is 0 Å². The Morgan fingerprint density at radius 1 is 1.39 bits per heavy atom. The first kappa shape index (κ1) is 13.8. The number of carbonyl (C=O) groups excluding carboxylic acids is 1. The normalized spacial score (nSPS) is 10.8. The molecule has 0 saturated carbocycles. The smallest absolute Gasteiger partial charge is 0.386 e. The summed E-state index contributed by atoms with van der Waals surface area (Å²) >= 11 is 0. The van der Waals surface area contributed by atoms with E-state index in [0.717, 1.165) is 12.1 Å². The third-order valence-electron chi connectivity index (χ3n) is 1.89. The summed E-state index contributed by atoms with van der Waals surface area (Å²) in [5, 5.41) is 11.3. The zero-order chi connectivity index (χ0) is 13.8. The van der Waals surface area contributed by atoms with Crippen LogP contribution in [0.5, 0.6) is 0 Å². The molecule has 0 atom stereocenters. The van der Waals surface area contributed by atoms with E-state index < -0.39 is 17.8 Å². The lowest BCUT2D eigenvalue weighted by molar-refractivity contribution is -0.137. The van der Waals surface area contributed by atoms with E-state index in [2.05, 4.69) is 10.6 Å². The van der Waals surface area contributed by atoms with Gasteiger partial charge in [0.05, 0.1) is 12.1 Å². The Morgan fingerprint density at radius 2 is 2.06 bits per heavy atom. The molecule has 18 heavy (non-hydrogen) atoms. The predicted molar refractivity (Wildman–Crippen MR) is 60.4 cm³/mol. The SMILES string of the molecule is N=C(N)CNC(=O)Nc1cccc(C(F)(F)F)c1. The molecule has 0 bridgehead atoms. The number of carbonyl (C=O) groups is 1. The lowest BCUT2D eigenvalue weighted by Crippen LogP contribution is -2.35. The van der Waals surface area contributed by atoms with Crippen LogP contribution in [0, 0.1) is 5.41 Å². The summed E-state index contributed by atoms with van der Waals surface area (Å²) < 4.78 is 37.2. The third-order valence-corrected chi connectivity index (χ3v) is 1.89. The van der Waals surface area contributed by atoms with E-state index in [9.17, 15) is 18.0 Å². The van der Waals surface area contributed by atoms with Crippen molar-refractivity contribution in [2.45, 2.75) is 6.18 Å². The number of alkyl halides is 3. The summed E-state index contributed by atoms with van der Waals surface area (Å²) in [4.78, 5) is 11.2. The van der Waals surface area contributed by atoms with Gasteiger partial charge in [0, 0.05) is 5.69 Å². The largest absolute Gasteiger partial charge is 0.416 e. The van der Waals surface area contributed by atoms with Crippen LogP contribution in [0.25, 0.3) is 0 Å². The van der Waals surface area contributed by atoms with Gasteiger partial charge < -0.3 is 16.4 Å². The van der Waals surface area contributed by atoms with Gasteiger partial charge in [-0.2, -0.15) is 13.2 Å². The molecule has 0 unspecified atom stereocenters. The van der Waals surface area contributed by atoms with Crippen LogP contribution in [-0.4, -0.2) is 18.4 Å². The summed E-state index contributed by atoms with van der Waals surface area (Å²) in [7, 11) is 0. The fourth-order valence-corrected chi connectivity index (χ4v) is 1.12. The monoisotopic (exact) mass is 260 g/mol. The standard InChI is InChI=1S/C10H11F3N4O/c11-10(12,13)6-2-1-3-7(4-6)17-9(18)16-5-8(14)15/h1-4H,5H2,(H3,14,15)(H2,16,17,18). The zero-order valence-corrected chi connectivity index (χ0v) is 9.14. The van der Waals surface area contributed by atoms with Crippen molar-refractivity contribution in [2.24, 2.45) is 5.73 Å². The molecular formula is C10H11F3N4O. The van der Waals surface area contributed by atoms with Crippen molar-refractivity contribution in [2.75, 3.05) is 11.9 Å². The highest BCUT2D eigenvalue weighted by Gasteiger charge is 2.30. The van der Waals surface area contributed by atoms with E-state index in [1.54, 1.807) is 0 Å². The van der Waals surface area contributed by atoms with Crippen LogP contribution >= 0.6 is 0 Å². The van der Waals surface area contributed by atoms with Crippen molar-refractivity contribution in [1.82, 2.24) is 5.32 Å². The number of anilines is 1. The number of rotatable bonds is 3. The fraction of sp³-hybridized carbons (Fsp3) is 0.200. The summed E-state index contributed by atoms with van der Waals surface area (Å²) in [6.07, 6.45) is -4.46. The maximum Gasteiger partial charge on any atom is 0.416 e. The van der Waals surface area contributed by atoms with E-state index in [0.29, 0.717) is 0 Å². The minimum Gasteiger partial charge on any atom is -0.386 e. The number of hydrogen-bond acceptors (Lipinski definition) is 2. The Balaban J connectivity index is 2.68. The molecule has 1 aromatic carbocycles. The number of nitrogens with two attached hydrogens (primary N) is 1. The minimum atomic E-state index is -4.46. The number of hydrogen-bond donors (Lipinski definition) is 4. The first-order valence-electron chi connectivity index (χ1n) is 4.84. The second-order valence-corrected chi connectivity index (χ2v) is 3.41. The molecule has 0 radical (unpaired) electrons.